The van der Waals surface area contributed by atoms with Crippen LogP contribution in [0.1, 0.15) is 56.3 Å². The van der Waals surface area contributed by atoms with Crippen LogP contribution in [0.25, 0.3) is 0 Å². The van der Waals surface area contributed by atoms with E-state index in [1.54, 1.807) is 13.1 Å². The second-order valence-corrected chi connectivity index (χ2v) is 5.19. The number of hydrogen-bond donors (Lipinski definition) is 1. The Morgan fingerprint density at radius 2 is 2.13 bits per heavy atom. The highest BCUT2D eigenvalue weighted by molar-refractivity contribution is 5.23. The molecule has 15 heavy (non-hydrogen) atoms. The Morgan fingerprint density at radius 1 is 1.53 bits per heavy atom. The van der Waals surface area contributed by atoms with Gasteiger partial charge in [0, 0.05) is 23.4 Å². The molecule has 1 fully saturated rings. The molecule has 1 heterocycles. The van der Waals surface area contributed by atoms with Gasteiger partial charge in [-0.25, -0.2) is 9.97 Å². The van der Waals surface area contributed by atoms with Crippen LogP contribution in [0.4, 0.5) is 0 Å². The minimum absolute atomic E-state index is 0.360. The molecule has 82 valence electrons. The largest absolute Gasteiger partial charge is 0.389 e. The maximum atomic E-state index is 9.47. The van der Waals surface area contributed by atoms with E-state index >= 15 is 0 Å². The first-order chi connectivity index (χ1) is 6.92. The van der Waals surface area contributed by atoms with Gasteiger partial charge in [-0.05, 0) is 25.7 Å². The summed E-state index contributed by atoms with van der Waals surface area (Å²) in [6, 6.07) is 0. The number of aliphatic hydroxyl groups excluding tert-OH is 1. The fourth-order valence-corrected chi connectivity index (χ4v) is 1.98. The van der Waals surface area contributed by atoms with Gasteiger partial charge >= 0.3 is 0 Å². The molecule has 0 amide bonds. The number of aliphatic hydroxyl groups is 1. The Balaban J connectivity index is 2.27. The number of rotatable bonds is 2. The summed E-state index contributed by atoms with van der Waals surface area (Å²) in [5.74, 6) is 1.43. The maximum absolute atomic E-state index is 9.47. The van der Waals surface area contributed by atoms with Gasteiger partial charge in [-0.3, -0.25) is 0 Å². The van der Waals surface area contributed by atoms with Gasteiger partial charge in [0.1, 0.15) is 5.82 Å². The van der Waals surface area contributed by atoms with Crippen molar-refractivity contribution in [3.8, 4) is 0 Å². The van der Waals surface area contributed by atoms with Gasteiger partial charge in [-0.1, -0.05) is 13.8 Å². The first kappa shape index (κ1) is 10.6. The van der Waals surface area contributed by atoms with Crippen molar-refractivity contribution < 1.29 is 5.11 Å². The van der Waals surface area contributed by atoms with Crippen molar-refractivity contribution in [3.05, 3.63) is 23.3 Å². The lowest BCUT2D eigenvalue weighted by molar-refractivity contribution is 0.197. The van der Waals surface area contributed by atoms with Crippen LogP contribution in [0.15, 0.2) is 6.20 Å². The Labute approximate surface area is 90.6 Å². The average molecular weight is 206 g/mol. The van der Waals surface area contributed by atoms with E-state index in [2.05, 4.69) is 23.8 Å². The van der Waals surface area contributed by atoms with Crippen molar-refractivity contribution in [2.75, 3.05) is 0 Å². The van der Waals surface area contributed by atoms with Gasteiger partial charge in [0.25, 0.3) is 0 Å². The van der Waals surface area contributed by atoms with Crippen LogP contribution in [-0.2, 0) is 0 Å². The molecule has 3 nitrogen and oxygen atoms in total. The molecule has 0 radical (unpaired) electrons. The quantitative estimate of drug-likeness (QED) is 0.808. The van der Waals surface area contributed by atoms with Crippen molar-refractivity contribution in [2.45, 2.75) is 46.1 Å². The summed E-state index contributed by atoms with van der Waals surface area (Å²) in [6.45, 7) is 8.15. The third kappa shape index (κ3) is 1.88. The number of aromatic nitrogens is 2. The minimum Gasteiger partial charge on any atom is -0.389 e. The summed E-state index contributed by atoms with van der Waals surface area (Å²) in [6.07, 6.45) is 2.45. The Hall–Kier alpha value is -0.960. The van der Waals surface area contributed by atoms with Gasteiger partial charge in [-0.15, -0.1) is 0 Å². The predicted molar refractivity (Wildman–Crippen MR) is 58.5 cm³/mol. The molecule has 1 aliphatic carbocycles. The molecule has 0 aliphatic heterocycles. The second kappa shape index (κ2) is 3.27. The molecule has 0 spiro atoms. The van der Waals surface area contributed by atoms with Gasteiger partial charge in [-0.2, -0.15) is 0 Å². The second-order valence-electron chi connectivity index (χ2n) is 5.19. The van der Waals surface area contributed by atoms with E-state index in [0.717, 1.165) is 17.1 Å². The molecule has 1 saturated carbocycles. The molecule has 1 aliphatic rings. The van der Waals surface area contributed by atoms with Gasteiger partial charge in [0.15, 0.2) is 0 Å². The number of hydrogen-bond acceptors (Lipinski definition) is 3. The van der Waals surface area contributed by atoms with Crippen molar-refractivity contribution in [1.29, 1.82) is 0 Å². The molecule has 1 N–H and O–H groups in total. The van der Waals surface area contributed by atoms with Crippen molar-refractivity contribution >= 4 is 0 Å². The SMILES string of the molecule is Cc1nc(C2CC2(C)C)ncc1[C@H](C)O. The fraction of sp³-hybridized carbons (Fsp3) is 0.667. The third-order valence-corrected chi connectivity index (χ3v) is 3.31. The van der Waals surface area contributed by atoms with Crippen molar-refractivity contribution in [3.63, 3.8) is 0 Å². The highest BCUT2D eigenvalue weighted by Gasteiger charge is 2.48. The lowest BCUT2D eigenvalue weighted by Gasteiger charge is -2.09. The Kier molecular flexibility index (Phi) is 2.30. The monoisotopic (exact) mass is 206 g/mol. The van der Waals surface area contributed by atoms with E-state index in [-0.39, 0.29) is 0 Å². The lowest BCUT2D eigenvalue weighted by atomic mass is 10.1. The van der Waals surface area contributed by atoms with Crippen LogP contribution in [-0.4, -0.2) is 15.1 Å². The van der Waals surface area contributed by atoms with Crippen LogP contribution in [0.5, 0.6) is 0 Å². The van der Waals surface area contributed by atoms with Crippen molar-refractivity contribution in [2.24, 2.45) is 5.41 Å². The molecule has 1 aromatic rings. The van der Waals surface area contributed by atoms with E-state index in [9.17, 15) is 5.11 Å². The van der Waals surface area contributed by atoms with E-state index in [1.165, 1.54) is 6.42 Å². The molecule has 1 aromatic heterocycles. The van der Waals surface area contributed by atoms with E-state index in [0.29, 0.717) is 11.3 Å². The van der Waals surface area contributed by atoms with Crippen LogP contribution >= 0.6 is 0 Å². The van der Waals surface area contributed by atoms with Crippen LogP contribution in [0.2, 0.25) is 0 Å². The minimum atomic E-state index is -0.480. The zero-order chi connectivity index (χ0) is 11.2. The summed E-state index contributed by atoms with van der Waals surface area (Å²) in [5.41, 5.74) is 2.09. The molecular weight excluding hydrogens is 188 g/mol. The average Bonchev–Trinajstić information content (AvgIpc) is 2.74. The van der Waals surface area contributed by atoms with Crippen LogP contribution in [0.3, 0.4) is 0 Å². The lowest BCUT2D eigenvalue weighted by Crippen LogP contribution is -2.04. The first-order valence-electron chi connectivity index (χ1n) is 5.43. The molecule has 3 heteroatoms. The highest BCUT2D eigenvalue weighted by Crippen LogP contribution is 2.57. The normalized spacial score (nSPS) is 25.0. The predicted octanol–water partition coefficient (Wildman–Crippen LogP) is 2.35. The summed E-state index contributed by atoms with van der Waals surface area (Å²) >= 11 is 0. The molecule has 2 atom stereocenters. The molecule has 2 rings (SSSR count). The summed E-state index contributed by atoms with van der Waals surface area (Å²) < 4.78 is 0. The molecule has 0 aromatic carbocycles. The standard InChI is InChI=1S/C12H18N2O/c1-7-9(8(2)15)6-13-11(14-7)10-5-12(10,3)4/h6,8,10,15H,5H2,1-4H3/t8-,10?/m0/s1. The topological polar surface area (TPSA) is 46.0 Å². The summed E-state index contributed by atoms with van der Waals surface area (Å²) in [4.78, 5) is 8.83. The first-order valence-corrected chi connectivity index (χ1v) is 5.43. The Bertz CT molecular complexity index is 385. The fourth-order valence-electron chi connectivity index (χ4n) is 1.98. The van der Waals surface area contributed by atoms with E-state index < -0.39 is 6.10 Å². The van der Waals surface area contributed by atoms with Gasteiger partial charge < -0.3 is 5.11 Å². The van der Waals surface area contributed by atoms with Gasteiger partial charge in [0.05, 0.1) is 6.10 Å². The van der Waals surface area contributed by atoms with E-state index in [4.69, 9.17) is 0 Å². The van der Waals surface area contributed by atoms with E-state index in [1.807, 2.05) is 6.92 Å². The Morgan fingerprint density at radius 3 is 2.53 bits per heavy atom. The van der Waals surface area contributed by atoms with Crippen molar-refractivity contribution in [1.82, 2.24) is 9.97 Å². The van der Waals surface area contributed by atoms with Crippen LogP contribution in [0, 0.1) is 12.3 Å². The summed E-state index contributed by atoms with van der Waals surface area (Å²) in [5, 5.41) is 9.47. The molecule has 0 bridgehead atoms. The smallest absolute Gasteiger partial charge is 0.132 e. The maximum Gasteiger partial charge on any atom is 0.132 e. The molecule has 1 unspecified atom stereocenters. The summed E-state index contributed by atoms with van der Waals surface area (Å²) in [7, 11) is 0. The van der Waals surface area contributed by atoms with Gasteiger partial charge in [0.2, 0.25) is 0 Å². The third-order valence-electron chi connectivity index (χ3n) is 3.31. The zero-order valence-electron chi connectivity index (χ0n) is 9.78. The molecular formula is C12H18N2O. The zero-order valence-corrected chi connectivity index (χ0v) is 9.78. The highest BCUT2D eigenvalue weighted by atomic mass is 16.3. The number of nitrogens with zero attached hydrogens (tertiary/aromatic N) is 2. The number of aryl methyl sites for hydroxylation is 1. The van der Waals surface area contributed by atoms with Crippen LogP contribution < -0.4 is 0 Å². The molecule has 0 saturated heterocycles.